The fraction of sp³-hybridized carbons (Fsp3) is 0.393. The standard InChI is InChI=1S/C28H33N2O2S/c1-21-8-6-11-25(18-21)29(19-26-12-7-17-33-26)28(31)32-27-20-30(15-13-24(27)14-16-30)22(2)23-9-4-3-5-10-23/h3-12,17-18,22,24,27H,13-16,19-20H2,1-2H3/q+1/t22?,24?,27-,30?/m0/s1. The van der Waals surface area contributed by atoms with Crippen LogP contribution in [0.4, 0.5) is 10.5 Å². The van der Waals surface area contributed by atoms with Gasteiger partial charge in [-0.3, -0.25) is 4.90 Å². The second-order valence-corrected chi connectivity index (χ2v) is 10.7. The van der Waals surface area contributed by atoms with Gasteiger partial charge in [0.25, 0.3) is 0 Å². The Bertz CT molecular complexity index is 1070. The van der Waals surface area contributed by atoms with Crippen molar-refractivity contribution in [1.29, 1.82) is 0 Å². The van der Waals surface area contributed by atoms with Crippen LogP contribution >= 0.6 is 11.3 Å². The minimum atomic E-state index is -0.224. The maximum atomic E-state index is 13.6. The third-order valence-corrected chi connectivity index (χ3v) is 8.60. The first kappa shape index (κ1) is 22.2. The predicted octanol–water partition coefficient (Wildman–Crippen LogP) is 6.57. The van der Waals surface area contributed by atoms with Crippen molar-refractivity contribution < 1.29 is 14.0 Å². The summed E-state index contributed by atoms with van der Waals surface area (Å²) in [7, 11) is 0. The van der Waals surface area contributed by atoms with E-state index in [2.05, 4.69) is 67.8 Å². The van der Waals surface area contributed by atoms with Gasteiger partial charge in [0.15, 0.2) is 6.10 Å². The van der Waals surface area contributed by atoms with Crippen molar-refractivity contribution >= 4 is 23.1 Å². The van der Waals surface area contributed by atoms with Crippen LogP contribution in [0.3, 0.4) is 0 Å². The van der Waals surface area contributed by atoms with Gasteiger partial charge in [-0.15, -0.1) is 11.3 Å². The molecule has 3 aromatic rings. The molecule has 172 valence electrons. The lowest BCUT2D eigenvalue weighted by Crippen LogP contribution is -2.65. The highest BCUT2D eigenvalue weighted by molar-refractivity contribution is 7.09. The van der Waals surface area contributed by atoms with Crippen LogP contribution in [0.25, 0.3) is 0 Å². The summed E-state index contributed by atoms with van der Waals surface area (Å²) in [6, 6.07) is 23.5. The molecule has 1 unspecified atom stereocenters. The minimum Gasteiger partial charge on any atom is -0.440 e. The Labute approximate surface area is 201 Å². The Morgan fingerprint density at radius 1 is 1.09 bits per heavy atom. The first-order valence-electron chi connectivity index (χ1n) is 12.0. The molecule has 0 spiro atoms. The van der Waals surface area contributed by atoms with Gasteiger partial charge in [0.2, 0.25) is 0 Å². The number of rotatable bonds is 6. The average molecular weight is 462 g/mol. The summed E-state index contributed by atoms with van der Waals surface area (Å²) in [5.41, 5.74) is 3.42. The molecular formula is C28H33N2O2S+. The molecule has 1 amide bonds. The molecule has 0 radical (unpaired) electrons. The highest BCUT2D eigenvalue weighted by atomic mass is 32.1. The van der Waals surface area contributed by atoms with E-state index in [1.807, 2.05) is 18.2 Å². The van der Waals surface area contributed by atoms with Crippen molar-refractivity contribution in [2.24, 2.45) is 5.92 Å². The van der Waals surface area contributed by atoms with E-state index in [-0.39, 0.29) is 12.2 Å². The Morgan fingerprint density at radius 3 is 2.58 bits per heavy atom. The molecule has 3 aliphatic rings. The molecule has 3 aliphatic heterocycles. The van der Waals surface area contributed by atoms with Crippen LogP contribution in [0, 0.1) is 12.8 Å². The molecule has 0 saturated carbocycles. The number of ether oxygens (including phenoxy) is 1. The highest BCUT2D eigenvalue weighted by Crippen LogP contribution is 2.42. The number of anilines is 1. The van der Waals surface area contributed by atoms with E-state index in [9.17, 15) is 4.79 Å². The number of amides is 1. The first-order chi connectivity index (χ1) is 16.0. The summed E-state index contributed by atoms with van der Waals surface area (Å²) in [4.78, 5) is 16.5. The van der Waals surface area contributed by atoms with Crippen LogP contribution in [0.1, 0.15) is 41.8 Å². The smallest absolute Gasteiger partial charge is 0.415 e. The summed E-state index contributed by atoms with van der Waals surface area (Å²) in [6.07, 6.45) is 2.01. The van der Waals surface area contributed by atoms with Crippen molar-refractivity contribution in [3.8, 4) is 0 Å². The molecule has 3 saturated heterocycles. The monoisotopic (exact) mass is 461 g/mol. The van der Waals surface area contributed by atoms with Gasteiger partial charge in [0.05, 0.1) is 19.6 Å². The van der Waals surface area contributed by atoms with Gasteiger partial charge < -0.3 is 9.22 Å². The predicted molar refractivity (Wildman–Crippen MR) is 134 cm³/mol. The minimum absolute atomic E-state index is 0.0261. The zero-order valence-corrected chi connectivity index (χ0v) is 20.3. The number of fused-ring (bicyclic) bond motifs is 3. The summed E-state index contributed by atoms with van der Waals surface area (Å²) in [5, 5.41) is 2.06. The number of piperidine rings is 3. The van der Waals surface area contributed by atoms with E-state index >= 15 is 0 Å². The lowest BCUT2D eigenvalue weighted by atomic mass is 9.81. The zero-order chi connectivity index (χ0) is 22.8. The van der Waals surface area contributed by atoms with Crippen LogP contribution in [0.15, 0.2) is 72.1 Å². The van der Waals surface area contributed by atoms with Crippen LogP contribution in [-0.2, 0) is 11.3 Å². The second-order valence-electron chi connectivity index (χ2n) is 9.70. The van der Waals surface area contributed by atoms with Gasteiger partial charge in [0, 0.05) is 34.9 Å². The van der Waals surface area contributed by atoms with Crippen LogP contribution in [-0.4, -0.2) is 36.3 Å². The molecule has 4 nitrogen and oxygen atoms in total. The quantitative estimate of drug-likeness (QED) is 0.389. The summed E-state index contributed by atoms with van der Waals surface area (Å²) < 4.78 is 7.34. The van der Waals surface area contributed by atoms with Gasteiger partial charge in [-0.2, -0.15) is 0 Å². The number of carbonyl (C=O) groups is 1. The molecule has 1 aromatic heterocycles. The fourth-order valence-electron chi connectivity index (χ4n) is 5.70. The number of benzene rings is 2. The summed E-state index contributed by atoms with van der Waals surface area (Å²) >= 11 is 1.67. The normalized spacial score (nSPS) is 24.9. The lowest BCUT2D eigenvalue weighted by Gasteiger charge is -2.55. The largest absolute Gasteiger partial charge is 0.440 e. The molecule has 6 rings (SSSR count). The van der Waals surface area contributed by atoms with E-state index in [0.29, 0.717) is 18.5 Å². The van der Waals surface area contributed by atoms with E-state index in [0.717, 1.165) is 40.0 Å². The van der Waals surface area contributed by atoms with Crippen molar-refractivity contribution in [2.75, 3.05) is 24.5 Å². The van der Waals surface area contributed by atoms with Crippen molar-refractivity contribution in [2.45, 2.75) is 45.4 Å². The van der Waals surface area contributed by atoms with Gasteiger partial charge in [-0.05, 0) is 43.0 Å². The van der Waals surface area contributed by atoms with Gasteiger partial charge in [0.1, 0.15) is 12.6 Å². The number of nitrogens with zero attached hydrogens (tertiary/aromatic N) is 2. The topological polar surface area (TPSA) is 29.5 Å². The maximum absolute atomic E-state index is 13.6. The highest BCUT2D eigenvalue weighted by Gasteiger charge is 2.50. The second kappa shape index (κ2) is 9.32. The van der Waals surface area contributed by atoms with Crippen molar-refractivity contribution in [3.63, 3.8) is 0 Å². The summed E-state index contributed by atoms with van der Waals surface area (Å²) in [6.45, 7) is 8.20. The maximum Gasteiger partial charge on any atom is 0.415 e. The Hall–Kier alpha value is -2.63. The van der Waals surface area contributed by atoms with E-state index < -0.39 is 0 Å². The molecule has 33 heavy (non-hydrogen) atoms. The number of thiophene rings is 1. The number of quaternary nitrogens is 1. The van der Waals surface area contributed by atoms with E-state index in [4.69, 9.17) is 4.74 Å². The van der Waals surface area contributed by atoms with Crippen LogP contribution < -0.4 is 4.90 Å². The molecule has 0 N–H and O–H groups in total. The molecule has 4 heterocycles. The van der Waals surface area contributed by atoms with Crippen LogP contribution in [0.2, 0.25) is 0 Å². The number of hydrogen-bond acceptors (Lipinski definition) is 3. The Kier molecular flexibility index (Phi) is 6.26. The number of hydrogen-bond donors (Lipinski definition) is 0. The molecule has 2 bridgehead atoms. The van der Waals surface area contributed by atoms with Gasteiger partial charge in [-0.25, -0.2) is 4.79 Å². The average Bonchev–Trinajstić information content (AvgIpc) is 3.37. The number of carbonyl (C=O) groups excluding carboxylic acids is 1. The van der Waals surface area contributed by atoms with Crippen molar-refractivity contribution in [3.05, 3.63) is 88.1 Å². The summed E-state index contributed by atoms with van der Waals surface area (Å²) in [5.74, 6) is 0.470. The molecule has 5 heteroatoms. The van der Waals surface area contributed by atoms with Crippen molar-refractivity contribution in [1.82, 2.24) is 0 Å². The van der Waals surface area contributed by atoms with Gasteiger partial charge >= 0.3 is 6.09 Å². The lowest BCUT2D eigenvalue weighted by molar-refractivity contribution is -0.972. The third kappa shape index (κ3) is 4.57. The SMILES string of the molecule is Cc1cccc(N(Cc2cccs2)C(=O)O[C@H]2C[N+]3(C(C)c4ccccc4)CCC2CC3)c1. The van der Waals surface area contributed by atoms with Gasteiger partial charge in [-0.1, -0.05) is 48.5 Å². The zero-order valence-electron chi connectivity index (χ0n) is 19.5. The Morgan fingerprint density at radius 2 is 1.88 bits per heavy atom. The Balaban J connectivity index is 1.36. The molecule has 3 fully saturated rings. The molecular weight excluding hydrogens is 428 g/mol. The van der Waals surface area contributed by atoms with Crippen LogP contribution in [0.5, 0.6) is 0 Å². The molecule has 0 aliphatic carbocycles. The number of aryl methyl sites for hydroxylation is 1. The van der Waals surface area contributed by atoms with E-state index in [1.165, 1.54) is 18.7 Å². The third-order valence-electron chi connectivity index (χ3n) is 7.74. The molecule has 2 atom stereocenters. The first-order valence-corrected chi connectivity index (χ1v) is 12.9. The fourth-order valence-corrected chi connectivity index (χ4v) is 6.39. The van der Waals surface area contributed by atoms with E-state index in [1.54, 1.807) is 16.2 Å². The molecule has 2 aromatic carbocycles.